The average Bonchev–Trinajstić information content (AvgIpc) is 2.60. The summed E-state index contributed by atoms with van der Waals surface area (Å²) in [6.45, 7) is 12.9. The van der Waals surface area contributed by atoms with Crippen LogP contribution in [0.4, 0.5) is 0 Å². The van der Waals surface area contributed by atoms with Crippen LogP contribution < -0.4 is 0 Å². The Morgan fingerprint density at radius 3 is 1.67 bits per heavy atom. The summed E-state index contributed by atoms with van der Waals surface area (Å²) in [6.07, 6.45) is 0. The number of ether oxygens (including phenoxy) is 2. The van der Waals surface area contributed by atoms with Gasteiger partial charge < -0.3 is 14.6 Å². The Hall–Kier alpha value is -1.14. The second-order valence-electron chi connectivity index (χ2n) is 7.12. The summed E-state index contributed by atoms with van der Waals surface area (Å²) in [6, 6.07) is 4.36. The van der Waals surface area contributed by atoms with Crippen molar-refractivity contribution in [1.82, 2.24) is 9.80 Å². The predicted molar refractivity (Wildman–Crippen MR) is 94.4 cm³/mol. The minimum absolute atomic E-state index is 0.456. The summed E-state index contributed by atoms with van der Waals surface area (Å²) in [7, 11) is 0. The number of rotatable bonds is 5. The molecule has 2 fully saturated rings. The highest BCUT2D eigenvalue weighted by atomic mass is 16.5. The van der Waals surface area contributed by atoms with E-state index in [1.54, 1.807) is 0 Å². The number of nitrogens with zero attached hydrogens (tertiary/aromatic N) is 2. The van der Waals surface area contributed by atoms with Gasteiger partial charge in [0.05, 0.1) is 26.4 Å². The van der Waals surface area contributed by atoms with E-state index in [0.29, 0.717) is 11.7 Å². The van der Waals surface area contributed by atoms with Crippen LogP contribution in [0.3, 0.4) is 0 Å². The fourth-order valence-corrected chi connectivity index (χ4v) is 3.36. The molecule has 0 radical (unpaired) electrons. The minimum Gasteiger partial charge on any atom is -0.507 e. The zero-order valence-electron chi connectivity index (χ0n) is 15.0. The van der Waals surface area contributed by atoms with Gasteiger partial charge in [-0.2, -0.15) is 0 Å². The molecular formula is C19H30N2O3. The van der Waals surface area contributed by atoms with Crippen molar-refractivity contribution >= 4 is 0 Å². The van der Waals surface area contributed by atoms with Gasteiger partial charge >= 0.3 is 0 Å². The van der Waals surface area contributed by atoms with Crippen LogP contribution in [0.5, 0.6) is 5.75 Å². The van der Waals surface area contributed by atoms with Crippen molar-refractivity contribution < 1.29 is 14.6 Å². The van der Waals surface area contributed by atoms with Crippen LogP contribution in [-0.4, -0.2) is 67.5 Å². The van der Waals surface area contributed by atoms with Gasteiger partial charge in [0.15, 0.2) is 0 Å². The minimum atomic E-state index is 0.456. The van der Waals surface area contributed by atoms with E-state index >= 15 is 0 Å². The number of aromatic hydroxyl groups is 1. The molecule has 134 valence electrons. The molecular weight excluding hydrogens is 304 g/mol. The largest absolute Gasteiger partial charge is 0.507 e. The third kappa shape index (κ3) is 4.48. The van der Waals surface area contributed by atoms with Gasteiger partial charge in [0, 0.05) is 50.4 Å². The van der Waals surface area contributed by atoms with Crippen molar-refractivity contribution in [3.63, 3.8) is 0 Å². The van der Waals surface area contributed by atoms with Gasteiger partial charge in [-0.05, 0) is 11.5 Å². The summed E-state index contributed by atoms with van der Waals surface area (Å²) in [4.78, 5) is 4.72. The highest BCUT2D eigenvalue weighted by molar-refractivity contribution is 5.44. The van der Waals surface area contributed by atoms with Crippen LogP contribution in [0, 0.1) is 0 Å². The zero-order chi connectivity index (χ0) is 16.9. The average molecular weight is 334 g/mol. The summed E-state index contributed by atoms with van der Waals surface area (Å²) in [5, 5.41) is 10.8. The standard InChI is InChI=1S/C19H30N2O3/c1-15(2)16-11-17(13-20-3-7-23-8-4-20)19(22)18(12-16)14-21-5-9-24-10-6-21/h11-12,15,22H,3-10,13-14H2,1-2H3. The lowest BCUT2D eigenvalue weighted by Gasteiger charge is -2.29. The molecule has 1 aromatic rings. The number of hydrogen-bond acceptors (Lipinski definition) is 5. The molecule has 1 aromatic carbocycles. The molecule has 0 aliphatic carbocycles. The van der Waals surface area contributed by atoms with Crippen LogP contribution in [0.2, 0.25) is 0 Å². The molecule has 0 spiro atoms. The van der Waals surface area contributed by atoms with Gasteiger partial charge in [0.1, 0.15) is 5.75 Å². The Morgan fingerprint density at radius 2 is 1.29 bits per heavy atom. The van der Waals surface area contributed by atoms with Gasteiger partial charge in [0.2, 0.25) is 0 Å². The van der Waals surface area contributed by atoms with Crippen molar-refractivity contribution in [2.75, 3.05) is 52.6 Å². The Kier molecular flexibility index (Phi) is 6.11. The number of hydrogen-bond donors (Lipinski definition) is 1. The predicted octanol–water partition coefficient (Wildman–Crippen LogP) is 2.18. The summed E-state index contributed by atoms with van der Waals surface area (Å²) < 4.78 is 10.9. The topological polar surface area (TPSA) is 45.2 Å². The van der Waals surface area contributed by atoms with Crippen LogP contribution in [0.25, 0.3) is 0 Å². The molecule has 0 bridgehead atoms. The van der Waals surface area contributed by atoms with Gasteiger partial charge in [-0.15, -0.1) is 0 Å². The lowest BCUT2D eigenvalue weighted by atomic mass is 9.96. The van der Waals surface area contributed by atoms with Crippen molar-refractivity contribution in [2.45, 2.75) is 32.9 Å². The Bertz CT molecular complexity index is 494. The van der Waals surface area contributed by atoms with E-state index in [2.05, 4.69) is 35.8 Å². The normalized spacial score (nSPS) is 20.6. The molecule has 0 saturated carbocycles. The maximum absolute atomic E-state index is 10.8. The quantitative estimate of drug-likeness (QED) is 0.894. The molecule has 24 heavy (non-hydrogen) atoms. The molecule has 3 rings (SSSR count). The molecule has 5 heteroatoms. The van der Waals surface area contributed by atoms with Gasteiger partial charge in [-0.1, -0.05) is 26.0 Å². The maximum Gasteiger partial charge on any atom is 0.124 e. The lowest BCUT2D eigenvalue weighted by molar-refractivity contribution is 0.0327. The highest BCUT2D eigenvalue weighted by Crippen LogP contribution is 2.30. The van der Waals surface area contributed by atoms with E-state index in [1.807, 2.05) is 0 Å². The first-order chi connectivity index (χ1) is 11.6. The Balaban J connectivity index is 1.80. The van der Waals surface area contributed by atoms with Gasteiger partial charge in [-0.3, -0.25) is 9.80 Å². The van der Waals surface area contributed by atoms with Crippen molar-refractivity contribution in [1.29, 1.82) is 0 Å². The van der Waals surface area contributed by atoms with Crippen LogP contribution in [-0.2, 0) is 22.6 Å². The van der Waals surface area contributed by atoms with E-state index in [9.17, 15) is 5.11 Å². The number of phenols is 1. The van der Waals surface area contributed by atoms with Crippen molar-refractivity contribution in [3.05, 3.63) is 28.8 Å². The molecule has 0 aromatic heterocycles. The van der Waals surface area contributed by atoms with Crippen LogP contribution >= 0.6 is 0 Å². The van der Waals surface area contributed by atoms with Crippen molar-refractivity contribution in [3.8, 4) is 5.75 Å². The van der Waals surface area contributed by atoms with E-state index in [0.717, 1.165) is 76.8 Å². The third-order valence-corrected chi connectivity index (χ3v) is 4.95. The number of benzene rings is 1. The second kappa shape index (κ2) is 8.30. The smallest absolute Gasteiger partial charge is 0.124 e. The molecule has 0 amide bonds. The fourth-order valence-electron chi connectivity index (χ4n) is 3.36. The van der Waals surface area contributed by atoms with Crippen LogP contribution in [0.15, 0.2) is 12.1 Å². The zero-order valence-corrected chi connectivity index (χ0v) is 15.0. The van der Waals surface area contributed by atoms with Gasteiger partial charge in [-0.25, -0.2) is 0 Å². The molecule has 0 atom stereocenters. The molecule has 1 N–H and O–H groups in total. The molecule has 2 aliphatic rings. The second-order valence-corrected chi connectivity index (χ2v) is 7.12. The van der Waals surface area contributed by atoms with Crippen molar-refractivity contribution in [2.24, 2.45) is 0 Å². The van der Waals surface area contributed by atoms with E-state index in [1.165, 1.54) is 5.56 Å². The summed E-state index contributed by atoms with van der Waals surface area (Å²) in [5.74, 6) is 0.926. The summed E-state index contributed by atoms with van der Waals surface area (Å²) in [5.41, 5.74) is 3.40. The number of morpholine rings is 2. The van der Waals surface area contributed by atoms with E-state index in [4.69, 9.17) is 9.47 Å². The monoisotopic (exact) mass is 334 g/mol. The first-order valence-electron chi connectivity index (χ1n) is 9.08. The Labute approximate surface area is 145 Å². The molecule has 2 saturated heterocycles. The first kappa shape index (κ1) is 17.7. The first-order valence-corrected chi connectivity index (χ1v) is 9.08. The molecule has 2 heterocycles. The maximum atomic E-state index is 10.8. The number of phenolic OH excluding ortho intramolecular Hbond substituents is 1. The molecule has 5 nitrogen and oxygen atoms in total. The van der Waals surface area contributed by atoms with Gasteiger partial charge in [0.25, 0.3) is 0 Å². The summed E-state index contributed by atoms with van der Waals surface area (Å²) >= 11 is 0. The van der Waals surface area contributed by atoms with E-state index < -0.39 is 0 Å². The van der Waals surface area contributed by atoms with E-state index in [-0.39, 0.29) is 0 Å². The molecule has 2 aliphatic heterocycles. The van der Waals surface area contributed by atoms with Crippen LogP contribution in [0.1, 0.15) is 36.5 Å². The molecule has 0 unspecified atom stereocenters. The fraction of sp³-hybridized carbons (Fsp3) is 0.684. The lowest BCUT2D eigenvalue weighted by Crippen LogP contribution is -2.36. The highest BCUT2D eigenvalue weighted by Gasteiger charge is 2.19. The third-order valence-electron chi connectivity index (χ3n) is 4.95. The Morgan fingerprint density at radius 1 is 0.875 bits per heavy atom. The SMILES string of the molecule is CC(C)c1cc(CN2CCOCC2)c(O)c(CN2CCOCC2)c1.